The van der Waals surface area contributed by atoms with Crippen molar-refractivity contribution in [2.45, 2.75) is 6.42 Å². The van der Waals surface area contributed by atoms with Gasteiger partial charge in [0.25, 0.3) is 0 Å². The second-order valence-electron chi connectivity index (χ2n) is 4.17. The van der Waals surface area contributed by atoms with E-state index in [1.165, 1.54) is 5.56 Å². The van der Waals surface area contributed by atoms with Gasteiger partial charge in [-0.2, -0.15) is 0 Å². The highest BCUT2D eigenvalue weighted by Crippen LogP contribution is 2.18. The molecule has 0 radical (unpaired) electrons. The Morgan fingerprint density at radius 1 is 1.06 bits per heavy atom. The van der Waals surface area contributed by atoms with Gasteiger partial charge in [0.1, 0.15) is 5.82 Å². The van der Waals surface area contributed by atoms with E-state index in [-0.39, 0.29) is 0 Å². The first-order valence-corrected chi connectivity index (χ1v) is 5.92. The molecule has 18 heavy (non-hydrogen) atoms. The lowest BCUT2D eigenvalue weighted by atomic mass is 10.1. The molecule has 0 aliphatic carbocycles. The standard InChI is InChI=1S/C15H14N2O/c1-18-15-9-5-8-13-11-16-14(17(13)15)10-12-6-3-2-4-7-12/h2-9,11H,10H2,1H3. The number of aromatic nitrogens is 2. The van der Waals surface area contributed by atoms with Crippen LogP contribution in [0.15, 0.2) is 54.7 Å². The van der Waals surface area contributed by atoms with Crippen LogP contribution in [0.2, 0.25) is 0 Å². The summed E-state index contributed by atoms with van der Waals surface area (Å²) in [5.74, 6) is 1.81. The number of hydrogen-bond acceptors (Lipinski definition) is 2. The number of pyridine rings is 1. The second kappa shape index (κ2) is 4.53. The molecule has 0 amide bonds. The van der Waals surface area contributed by atoms with E-state index in [0.717, 1.165) is 23.6 Å². The molecule has 2 heterocycles. The van der Waals surface area contributed by atoms with Crippen LogP contribution in [0.3, 0.4) is 0 Å². The molecule has 0 atom stereocenters. The Bertz CT molecular complexity index is 659. The predicted molar refractivity (Wildman–Crippen MR) is 71.0 cm³/mol. The lowest BCUT2D eigenvalue weighted by Crippen LogP contribution is -2.00. The number of fused-ring (bicyclic) bond motifs is 1. The fourth-order valence-electron chi connectivity index (χ4n) is 2.14. The summed E-state index contributed by atoms with van der Waals surface area (Å²) in [6.45, 7) is 0. The van der Waals surface area contributed by atoms with E-state index in [4.69, 9.17) is 4.74 Å². The van der Waals surface area contributed by atoms with Gasteiger partial charge >= 0.3 is 0 Å². The van der Waals surface area contributed by atoms with Crippen molar-refractivity contribution >= 4 is 5.52 Å². The van der Waals surface area contributed by atoms with Crippen LogP contribution < -0.4 is 4.74 Å². The summed E-state index contributed by atoms with van der Waals surface area (Å²) in [5.41, 5.74) is 2.30. The highest BCUT2D eigenvalue weighted by molar-refractivity contribution is 5.49. The van der Waals surface area contributed by atoms with E-state index in [9.17, 15) is 0 Å². The molecule has 0 N–H and O–H groups in total. The molecule has 2 aromatic heterocycles. The van der Waals surface area contributed by atoms with Gasteiger partial charge in [-0.3, -0.25) is 4.40 Å². The zero-order valence-electron chi connectivity index (χ0n) is 10.2. The molecule has 0 saturated heterocycles. The molecular weight excluding hydrogens is 224 g/mol. The normalized spacial score (nSPS) is 10.7. The minimum atomic E-state index is 0.801. The van der Waals surface area contributed by atoms with E-state index >= 15 is 0 Å². The van der Waals surface area contributed by atoms with Crippen molar-refractivity contribution in [2.75, 3.05) is 7.11 Å². The minimum Gasteiger partial charge on any atom is -0.482 e. The predicted octanol–water partition coefficient (Wildman–Crippen LogP) is 2.93. The summed E-state index contributed by atoms with van der Waals surface area (Å²) in [6.07, 6.45) is 2.68. The highest BCUT2D eigenvalue weighted by atomic mass is 16.5. The zero-order chi connectivity index (χ0) is 12.4. The molecule has 0 aliphatic rings. The third-order valence-corrected chi connectivity index (χ3v) is 3.00. The molecule has 90 valence electrons. The van der Waals surface area contributed by atoms with Gasteiger partial charge in [-0.15, -0.1) is 0 Å². The van der Waals surface area contributed by atoms with Crippen molar-refractivity contribution < 1.29 is 4.74 Å². The average molecular weight is 238 g/mol. The van der Waals surface area contributed by atoms with Gasteiger partial charge in [0.05, 0.1) is 18.8 Å². The van der Waals surface area contributed by atoms with Crippen LogP contribution in [0.25, 0.3) is 5.52 Å². The molecule has 0 bridgehead atoms. The zero-order valence-corrected chi connectivity index (χ0v) is 10.2. The Balaban J connectivity index is 2.07. The van der Waals surface area contributed by atoms with Crippen molar-refractivity contribution in [1.29, 1.82) is 0 Å². The van der Waals surface area contributed by atoms with Gasteiger partial charge in [-0.1, -0.05) is 36.4 Å². The average Bonchev–Trinajstić information content (AvgIpc) is 2.83. The number of rotatable bonds is 3. The second-order valence-corrected chi connectivity index (χ2v) is 4.17. The van der Waals surface area contributed by atoms with Crippen molar-refractivity contribution in [2.24, 2.45) is 0 Å². The summed E-state index contributed by atoms with van der Waals surface area (Å²) < 4.78 is 7.44. The molecule has 0 saturated carbocycles. The lowest BCUT2D eigenvalue weighted by Gasteiger charge is -2.07. The van der Waals surface area contributed by atoms with Crippen LogP contribution in [-0.2, 0) is 6.42 Å². The third-order valence-electron chi connectivity index (χ3n) is 3.00. The molecule has 0 spiro atoms. The number of ether oxygens (including phenoxy) is 1. The summed E-state index contributed by atoms with van der Waals surface area (Å²) >= 11 is 0. The molecule has 0 fully saturated rings. The first-order valence-electron chi connectivity index (χ1n) is 5.92. The van der Waals surface area contributed by atoms with E-state index in [0.29, 0.717) is 0 Å². The molecular formula is C15H14N2O. The van der Waals surface area contributed by atoms with Gasteiger partial charge in [-0.05, 0) is 17.7 Å². The van der Waals surface area contributed by atoms with Crippen molar-refractivity contribution in [1.82, 2.24) is 9.38 Å². The van der Waals surface area contributed by atoms with Gasteiger partial charge in [0.2, 0.25) is 0 Å². The van der Waals surface area contributed by atoms with Gasteiger partial charge in [0.15, 0.2) is 5.88 Å². The van der Waals surface area contributed by atoms with Gasteiger partial charge < -0.3 is 4.74 Å². The molecule has 0 aliphatic heterocycles. The lowest BCUT2D eigenvalue weighted by molar-refractivity contribution is 0.390. The largest absolute Gasteiger partial charge is 0.482 e. The molecule has 0 unspecified atom stereocenters. The topological polar surface area (TPSA) is 26.5 Å². The molecule has 1 aromatic carbocycles. The monoisotopic (exact) mass is 238 g/mol. The molecule has 3 nitrogen and oxygen atoms in total. The SMILES string of the molecule is COc1cccc2cnc(Cc3ccccc3)n12. The maximum absolute atomic E-state index is 5.39. The maximum atomic E-state index is 5.39. The number of benzene rings is 1. The minimum absolute atomic E-state index is 0.801. The van der Waals surface area contributed by atoms with Crippen LogP contribution in [0.1, 0.15) is 11.4 Å². The first kappa shape index (κ1) is 10.8. The molecule has 3 heteroatoms. The highest BCUT2D eigenvalue weighted by Gasteiger charge is 2.08. The van der Waals surface area contributed by atoms with E-state index in [1.807, 2.05) is 47.0 Å². The summed E-state index contributed by atoms with van der Waals surface area (Å²) in [5, 5.41) is 0. The summed E-state index contributed by atoms with van der Waals surface area (Å²) in [7, 11) is 1.68. The van der Waals surface area contributed by atoms with Crippen LogP contribution in [0.4, 0.5) is 0 Å². The number of nitrogens with zero attached hydrogens (tertiary/aromatic N) is 2. The van der Waals surface area contributed by atoms with Crippen LogP contribution in [0.5, 0.6) is 5.88 Å². The van der Waals surface area contributed by atoms with Crippen molar-refractivity contribution in [3.05, 3.63) is 66.1 Å². The number of imidazole rings is 1. The van der Waals surface area contributed by atoms with E-state index in [2.05, 4.69) is 17.1 Å². The Hall–Kier alpha value is -2.29. The molecule has 3 rings (SSSR count). The summed E-state index contributed by atoms with van der Waals surface area (Å²) in [4.78, 5) is 4.48. The number of methoxy groups -OCH3 is 1. The first-order chi connectivity index (χ1) is 8.88. The van der Waals surface area contributed by atoms with Crippen molar-refractivity contribution in [3.63, 3.8) is 0 Å². The van der Waals surface area contributed by atoms with Gasteiger partial charge in [0, 0.05) is 6.42 Å². The fraction of sp³-hybridized carbons (Fsp3) is 0.133. The Morgan fingerprint density at radius 3 is 2.67 bits per heavy atom. The Labute approximate surface area is 106 Å². The van der Waals surface area contributed by atoms with Crippen LogP contribution in [0, 0.1) is 0 Å². The van der Waals surface area contributed by atoms with E-state index < -0.39 is 0 Å². The fourth-order valence-corrected chi connectivity index (χ4v) is 2.14. The van der Waals surface area contributed by atoms with Crippen molar-refractivity contribution in [3.8, 4) is 5.88 Å². The molecule has 3 aromatic rings. The number of hydrogen-bond donors (Lipinski definition) is 0. The van der Waals surface area contributed by atoms with Gasteiger partial charge in [-0.25, -0.2) is 4.98 Å². The van der Waals surface area contributed by atoms with Crippen LogP contribution in [-0.4, -0.2) is 16.5 Å². The Kier molecular flexibility index (Phi) is 2.73. The Morgan fingerprint density at radius 2 is 1.89 bits per heavy atom. The third kappa shape index (κ3) is 1.84. The quantitative estimate of drug-likeness (QED) is 0.701. The summed E-state index contributed by atoms with van der Waals surface area (Å²) in [6, 6.07) is 16.3. The smallest absolute Gasteiger partial charge is 0.199 e. The van der Waals surface area contributed by atoms with E-state index in [1.54, 1.807) is 7.11 Å². The maximum Gasteiger partial charge on any atom is 0.199 e. The van der Waals surface area contributed by atoms with Crippen LogP contribution >= 0.6 is 0 Å².